The van der Waals surface area contributed by atoms with E-state index in [4.69, 9.17) is 14.2 Å². The Morgan fingerprint density at radius 2 is 1.70 bits per heavy atom. The lowest BCUT2D eigenvalue weighted by Gasteiger charge is -2.19. The van der Waals surface area contributed by atoms with Crippen molar-refractivity contribution in [3.63, 3.8) is 0 Å². The molecule has 5 nitrogen and oxygen atoms in total. The SMILES string of the molecule is CCOc1ccc(C)cc1C(C)NC(=O)Cc1cc(OC)c(OC)cc1C. The van der Waals surface area contributed by atoms with Crippen LogP contribution in [0.15, 0.2) is 30.3 Å². The van der Waals surface area contributed by atoms with Crippen LogP contribution in [0.1, 0.15) is 42.1 Å². The number of rotatable bonds is 8. The van der Waals surface area contributed by atoms with Gasteiger partial charge in [0.15, 0.2) is 11.5 Å². The van der Waals surface area contributed by atoms with E-state index in [1.807, 2.05) is 52.0 Å². The van der Waals surface area contributed by atoms with Gasteiger partial charge in [0, 0.05) is 5.56 Å². The zero-order chi connectivity index (χ0) is 20.0. The van der Waals surface area contributed by atoms with Crippen molar-refractivity contribution in [1.29, 1.82) is 0 Å². The summed E-state index contributed by atoms with van der Waals surface area (Å²) >= 11 is 0. The van der Waals surface area contributed by atoms with Gasteiger partial charge >= 0.3 is 0 Å². The molecule has 2 aromatic carbocycles. The second-order valence-corrected chi connectivity index (χ2v) is 6.57. The number of methoxy groups -OCH3 is 2. The second kappa shape index (κ2) is 9.31. The third kappa shape index (κ3) is 5.16. The van der Waals surface area contributed by atoms with Crippen molar-refractivity contribution in [2.45, 2.75) is 40.2 Å². The summed E-state index contributed by atoms with van der Waals surface area (Å²) in [5.41, 5.74) is 4.01. The van der Waals surface area contributed by atoms with Crippen molar-refractivity contribution in [3.8, 4) is 17.2 Å². The van der Waals surface area contributed by atoms with E-state index < -0.39 is 0 Å². The van der Waals surface area contributed by atoms with E-state index in [0.717, 1.165) is 28.0 Å². The van der Waals surface area contributed by atoms with Gasteiger partial charge in [0.1, 0.15) is 5.75 Å². The molecular weight excluding hydrogens is 342 g/mol. The number of ether oxygens (including phenoxy) is 3. The quantitative estimate of drug-likeness (QED) is 0.758. The molecule has 5 heteroatoms. The molecule has 0 saturated heterocycles. The van der Waals surface area contributed by atoms with Gasteiger partial charge < -0.3 is 19.5 Å². The molecule has 1 unspecified atom stereocenters. The van der Waals surface area contributed by atoms with Gasteiger partial charge in [0.05, 0.1) is 33.3 Å². The van der Waals surface area contributed by atoms with Crippen LogP contribution in [0.2, 0.25) is 0 Å². The van der Waals surface area contributed by atoms with Crippen LogP contribution in [0.3, 0.4) is 0 Å². The van der Waals surface area contributed by atoms with E-state index >= 15 is 0 Å². The summed E-state index contributed by atoms with van der Waals surface area (Å²) in [6.07, 6.45) is 0.270. The number of hydrogen-bond donors (Lipinski definition) is 1. The Bertz CT molecular complexity index is 801. The summed E-state index contributed by atoms with van der Waals surface area (Å²) in [6.45, 7) is 8.49. The van der Waals surface area contributed by atoms with Crippen molar-refractivity contribution in [2.24, 2.45) is 0 Å². The fourth-order valence-corrected chi connectivity index (χ4v) is 3.05. The molecule has 0 saturated carbocycles. The first kappa shape index (κ1) is 20.6. The highest BCUT2D eigenvalue weighted by Gasteiger charge is 2.17. The van der Waals surface area contributed by atoms with E-state index in [1.54, 1.807) is 14.2 Å². The van der Waals surface area contributed by atoms with Crippen LogP contribution >= 0.6 is 0 Å². The van der Waals surface area contributed by atoms with Crippen LogP contribution in [0, 0.1) is 13.8 Å². The monoisotopic (exact) mass is 371 g/mol. The molecule has 1 amide bonds. The first-order valence-corrected chi connectivity index (χ1v) is 9.13. The Morgan fingerprint density at radius 1 is 1.04 bits per heavy atom. The van der Waals surface area contributed by atoms with Gasteiger partial charge in [0.25, 0.3) is 0 Å². The van der Waals surface area contributed by atoms with Crippen LogP contribution in [0.4, 0.5) is 0 Å². The molecule has 0 bridgehead atoms. The van der Waals surface area contributed by atoms with Crippen molar-refractivity contribution in [2.75, 3.05) is 20.8 Å². The third-order valence-electron chi connectivity index (χ3n) is 4.50. The molecule has 0 aliphatic rings. The third-order valence-corrected chi connectivity index (χ3v) is 4.50. The minimum Gasteiger partial charge on any atom is -0.494 e. The second-order valence-electron chi connectivity index (χ2n) is 6.57. The molecule has 2 rings (SSSR count). The van der Waals surface area contributed by atoms with Gasteiger partial charge in [-0.25, -0.2) is 0 Å². The van der Waals surface area contributed by atoms with E-state index in [9.17, 15) is 4.79 Å². The summed E-state index contributed by atoms with van der Waals surface area (Å²) in [5.74, 6) is 2.03. The Labute approximate surface area is 161 Å². The fraction of sp³-hybridized carbons (Fsp3) is 0.409. The molecule has 1 atom stereocenters. The van der Waals surface area contributed by atoms with Gasteiger partial charge in [0.2, 0.25) is 5.91 Å². The van der Waals surface area contributed by atoms with E-state index in [-0.39, 0.29) is 18.4 Å². The van der Waals surface area contributed by atoms with Gasteiger partial charge in [-0.05, 0) is 57.0 Å². The number of nitrogens with one attached hydrogen (secondary N) is 1. The molecule has 146 valence electrons. The van der Waals surface area contributed by atoms with Gasteiger partial charge in [-0.2, -0.15) is 0 Å². The lowest BCUT2D eigenvalue weighted by molar-refractivity contribution is -0.121. The first-order chi connectivity index (χ1) is 12.9. The fourth-order valence-electron chi connectivity index (χ4n) is 3.05. The molecule has 0 heterocycles. The molecule has 0 aliphatic carbocycles. The smallest absolute Gasteiger partial charge is 0.224 e. The minimum absolute atomic E-state index is 0.0539. The molecule has 0 aliphatic heterocycles. The standard InChI is InChI=1S/C22H29NO4/c1-7-27-19-9-8-14(2)10-18(19)16(4)23-22(24)13-17-12-21(26-6)20(25-5)11-15(17)3/h8-12,16H,7,13H2,1-6H3,(H,23,24). The Balaban J connectivity index is 2.15. The van der Waals surface area contributed by atoms with Crippen LogP contribution in [-0.4, -0.2) is 26.7 Å². The van der Waals surface area contributed by atoms with Gasteiger partial charge in [-0.15, -0.1) is 0 Å². The highest BCUT2D eigenvalue weighted by molar-refractivity contribution is 5.79. The maximum absolute atomic E-state index is 12.6. The highest BCUT2D eigenvalue weighted by Crippen LogP contribution is 2.31. The first-order valence-electron chi connectivity index (χ1n) is 9.13. The van der Waals surface area contributed by atoms with Crippen molar-refractivity contribution < 1.29 is 19.0 Å². The van der Waals surface area contributed by atoms with Crippen molar-refractivity contribution in [1.82, 2.24) is 5.32 Å². The molecule has 0 fully saturated rings. The molecule has 0 spiro atoms. The van der Waals surface area contributed by atoms with E-state index in [1.165, 1.54) is 0 Å². The lowest BCUT2D eigenvalue weighted by Crippen LogP contribution is -2.28. The molecular formula is C22H29NO4. The Hall–Kier alpha value is -2.69. The summed E-state index contributed by atoms with van der Waals surface area (Å²) in [4.78, 5) is 12.6. The molecule has 0 radical (unpaired) electrons. The molecule has 0 aromatic heterocycles. The normalized spacial score (nSPS) is 11.6. The predicted molar refractivity (Wildman–Crippen MR) is 107 cm³/mol. The van der Waals surface area contributed by atoms with Gasteiger partial charge in [-0.3, -0.25) is 4.79 Å². The summed E-state index contributed by atoms with van der Waals surface area (Å²) < 4.78 is 16.4. The van der Waals surface area contributed by atoms with Crippen LogP contribution in [-0.2, 0) is 11.2 Å². The number of benzene rings is 2. The topological polar surface area (TPSA) is 56.8 Å². The van der Waals surface area contributed by atoms with Crippen LogP contribution in [0.5, 0.6) is 17.2 Å². The van der Waals surface area contributed by atoms with Crippen LogP contribution < -0.4 is 19.5 Å². The Morgan fingerprint density at radius 3 is 2.33 bits per heavy atom. The summed E-state index contributed by atoms with van der Waals surface area (Å²) in [7, 11) is 3.19. The average molecular weight is 371 g/mol. The summed E-state index contributed by atoms with van der Waals surface area (Å²) in [5, 5.41) is 3.07. The Kier molecular flexibility index (Phi) is 7.11. The number of carbonyl (C=O) groups is 1. The van der Waals surface area contributed by atoms with Crippen molar-refractivity contribution in [3.05, 3.63) is 52.6 Å². The van der Waals surface area contributed by atoms with E-state index in [2.05, 4.69) is 11.4 Å². The number of hydrogen-bond acceptors (Lipinski definition) is 4. The number of carbonyl (C=O) groups excluding carboxylic acids is 1. The average Bonchev–Trinajstić information content (AvgIpc) is 2.64. The van der Waals surface area contributed by atoms with Crippen LogP contribution in [0.25, 0.3) is 0 Å². The zero-order valence-electron chi connectivity index (χ0n) is 17.0. The maximum atomic E-state index is 12.6. The molecule has 27 heavy (non-hydrogen) atoms. The molecule has 2 aromatic rings. The number of amides is 1. The predicted octanol–water partition coefficient (Wildman–Crippen LogP) is 4.14. The number of aryl methyl sites for hydroxylation is 2. The minimum atomic E-state index is -0.153. The maximum Gasteiger partial charge on any atom is 0.224 e. The summed E-state index contributed by atoms with van der Waals surface area (Å²) in [6, 6.07) is 9.61. The lowest BCUT2D eigenvalue weighted by atomic mass is 10.0. The highest BCUT2D eigenvalue weighted by atomic mass is 16.5. The molecule has 1 N–H and O–H groups in total. The van der Waals surface area contributed by atoms with Crippen molar-refractivity contribution >= 4 is 5.91 Å². The largest absolute Gasteiger partial charge is 0.494 e. The van der Waals surface area contributed by atoms with E-state index in [0.29, 0.717) is 18.1 Å². The van der Waals surface area contributed by atoms with Gasteiger partial charge in [-0.1, -0.05) is 17.7 Å². The zero-order valence-corrected chi connectivity index (χ0v) is 17.0.